The summed E-state index contributed by atoms with van der Waals surface area (Å²) in [5, 5.41) is 0.417. The van der Waals surface area contributed by atoms with Gasteiger partial charge in [-0.3, -0.25) is 0 Å². The lowest BCUT2D eigenvalue weighted by Crippen LogP contribution is -1.72. The van der Waals surface area contributed by atoms with Crippen LogP contribution in [0.25, 0.3) is 0 Å². The Morgan fingerprint density at radius 1 is 1.20 bits per heavy atom. The van der Waals surface area contributed by atoms with E-state index in [9.17, 15) is 9.11 Å². The molecule has 0 aromatic carbocycles. The van der Waals surface area contributed by atoms with Crippen molar-refractivity contribution in [3.63, 3.8) is 0 Å². The maximum atomic E-state index is 9.70. The normalized spacial score (nSPS) is 49.2. The maximum Gasteiger partial charge on any atom is 0.347 e. The van der Waals surface area contributed by atoms with Crippen LogP contribution in [-0.4, -0.2) is 14.2 Å². The lowest BCUT2D eigenvalue weighted by Gasteiger charge is -1.67. The van der Waals surface area contributed by atoms with Crippen molar-refractivity contribution < 1.29 is 9.11 Å². The number of hydrogen-bond donors (Lipinski definition) is 0. The van der Waals surface area contributed by atoms with Crippen LogP contribution in [0.1, 0.15) is 0 Å². The molecule has 2 atom stereocenters. The van der Waals surface area contributed by atoms with Crippen LogP contribution in [0.3, 0.4) is 0 Å². The monoisotopic (exact) mass is 110 g/mol. The minimum atomic E-state index is -0.934. The first-order valence-electron chi connectivity index (χ1n) is 1.08. The van der Waals surface area contributed by atoms with E-state index in [4.69, 9.17) is 0 Å². The molecule has 0 aromatic rings. The Morgan fingerprint density at radius 2 is 1.40 bits per heavy atom. The third-order valence-corrected chi connectivity index (χ3v) is 3.04. The smallest absolute Gasteiger partial charge is 0.347 e. The molecule has 0 spiro atoms. The Balaban J connectivity index is 2.20. The first kappa shape index (κ1) is 3.80. The Kier molecular flexibility index (Phi) is 0.792. The molecular weight excluding hydrogens is 108 g/mol. The van der Waals surface area contributed by atoms with Gasteiger partial charge in [0.2, 0.25) is 20.4 Å². The van der Waals surface area contributed by atoms with Crippen molar-refractivity contribution in [2.75, 3.05) is 5.08 Å². The molecule has 1 saturated heterocycles. The second kappa shape index (κ2) is 1.04. The fraction of sp³-hybridized carbons (Fsp3) is 1.00. The summed E-state index contributed by atoms with van der Waals surface area (Å²) in [5.74, 6) is 0. The molecule has 0 N–H and O–H groups in total. The van der Waals surface area contributed by atoms with Crippen molar-refractivity contribution in [2.24, 2.45) is 0 Å². The van der Waals surface area contributed by atoms with Crippen LogP contribution in [-0.2, 0) is 20.4 Å². The predicted octanol–water partition coefficient (Wildman–Crippen LogP) is -0.630. The fourth-order valence-electron chi connectivity index (χ4n) is 0.0589. The SMILES string of the molecule is [O-][S+]1C[S+]1[O-]. The zero-order valence-corrected chi connectivity index (χ0v) is 3.97. The minimum absolute atomic E-state index is 0.417. The van der Waals surface area contributed by atoms with E-state index in [-0.39, 0.29) is 0 Å². The van der Waals surface area contributed by atoms with Crippen molar-refractivity contribution in [1.29, 1.82) is 0 Å². The van der Waals surface area contributed by atoms with Crippen LogP contribution < -0.4 is 0 Å². The van der Waals surface area contributed by atoms with Crippen molar-refractivity contribution in [3.8, 4) is 0 Å². The molecule has 5 heavy (non-hydrogen) atoms. The van der Waals surface area contributed by atoms with E-state index < -0.39 is 20.4 Å². The molecule has 0 radical (unpaired) electrons. The molecule has 30 valence electrons. The van der Waals surface area contributed by atoms with Gasteiger partial charge in [-0.25, -0.2) is 0 Å². The predicted molar refractivity (Wildman–Crippen MR) is 21.2 cm³/mol. The molecule has 2 nitrogen and oxygen atoms in total. The van der Waals surface area contributed by atoms with E-state index in [0.717, 1.165) is 0 Å². The second-order valence-corrected chi connectivity index (χ2v) is 5.11. The Hall–Kier alpha value is 0.620. The summed E-state index contributed by atoms with van der Waals surface area (Å²) in [6, 6.07) is 0. The first-order valence-corrected chi connectivity index (χ1v) is 4.23. The quantitative estimate of drug-likeness (QED) is 0.237. The lowest BCUT2D eigenvalue weighted by molar-refractivity contribution is 0.603. The number of hydrogen-bond acceptors (Lipinski definition) is 2. The Morgan fingerprint density at radius 3 is 1.40 bits per heavy atom. The summed E-state index contributed by atoms with van der Waals surface area (Å²) in [7, 11) is -1.87. The van der Waals surface area contributed by atoms with Gasteiger partial charge in [0.25, 0.3) is 0 Å². The van der Waals surface area contributed by atoms with E-state index in [2.05, 4.69) is 0 Å². The van der Waals surface area contributed by atoms with Gasteiger partial charge in [-0.05, 0) is 0 Å². The van der Waals surface area contributed by atoms with Gasteiger partial charge in [0.1, 0.15) is 0 Å². The van der Waals surface area contributed by atoms with Crippen LogP contribution in [0.5, 0.6) is 0 Å². The number of rotatable bonds is 0. The fourth-order valence-corrected chi connectivity index (χ4v) is 1.24. The topological polar surface area (TPSA) is 46.1 Å². The molecule has 0 amide bonds. The van der Waals surface area contributed by atoms with Crippen LogP contribution >= 0.6 is 0 Å². The van der Waals surface area contributed by atoms with Crippen molar-refractivity contribution in [1.82, 2.24) is 0 Å². The Labute approximate surface area is 35.3 Å². The highest BCUT2D eigenvalue weighted by Crippen LogP contribution is 2.22. The largest absolute Gasteiger partial charge is 0.567 e. The standard InChI is InChI=1S/CH2O2S2/c2-4-1-5(4)3/h1H2. The average Bonchev–Trinajstić information content (AvgIpc) is 1.79. The van der Waals surface area contributed by atoms with Crippen LogP contribution in [0.15, 0.2) is 0 Å². The van der Waals surface area contributed by atoms with E-state index >= 15 is 0 Å². The summed E-state index contributed by atoms with van der Waals surface area (Å²) in [6.07, 6.45) is 0. The molecule has 1 fully saturated rings. The van der Waals surface area contributed by atoms with Gasteiger partial charge in [0.15, 0.2) is 0 Å². The summed E-state index contributed by atoms with van der Waals surface area (Å²) < 4.78 is 19.4. The summed E-state index contributed by atoms with van der Waals surface area (Å²) in [4.78, 5) is 0. The summed E-state index contributed by atoms with van der Waals surface area (Å²) >= 11 is 0. The van der Waals surface area contributed by atoms with Crippen LogP contribution in [0, 0.1) is 0 Å². The van der Waals surface area contributed by atoms with Crippen LogP contribution in [0.4, 0.5) is 0 Å². The molecule has 0 saturated carbocycles. The summed E-state index contributed by atoms with van der Waals surface area (Å²) in [5.41, 5.74) is 0. The van der Waals surface area contributed by atoms with Crippen molar-refractivity contribution >= 4 is 20.4 Å². The van der Waals surface area contributed by atoms with Gasteiger partial charge < -0.3 is 9.11 Å². The highest BCUT2D eigenvalue weighted by atomic mass is 33.2. The van der Waals surface area contributed by atoms with Gasteiger partial charge in [-0.15, -0.1) is 0 Å². The molecule has 2 unspecified atom stereocenters. The average molecular weight is 110 g/mol. The highest BCUT2D eigenvalue weighted by molar-refractivity contribution is 8.82. The summed E-state index contributed by atoms with van der Waals surface area (Å²) in [6.45, 7) is 0. The van der Waals surface area contributed by atoms with E-state index in [1.165, 1.54) is 0 Å². The zero-order chi connectivity index (χ0) is 3.86. The molecule has 1 aliphatic rings. The van der Waals surface area contributed by atoms with E-state index in [0.29, 0.717) is 5.08 Å². The van der Waals surface area contributed by atoms with Gasteiger partial charge in [-0.1, -0.05) is 0 Å². The highest BCUT2D eigenvalue weighted by Gasteiger charge is 2.49. The third-order valence-electron chi connectivity index (χ3n) is 0.338. The molecule has 1 heterocycles. The van der Waals surface area contributed by atoms with Crippen LogP contribution in [0.2, 0.25) is 0 Å². The van der Waals surface area contributed by atoms with Gasteiger partial charge in [-0.2, -0.15) is 0 Å². The van der Waals surface area contributed by atoms with E-state index in [1.54, 1.807) is 0 Å². The van der Waals surface area contributed by atoms with Crippen molar-refractivity contribution in [3.05, 3.63) is 0 Å². The van der Waals surface area contributed by atoms with Gasteiger partial charge >= 0.3 is 5.08 Å². The third kappa shape index (κ3) is 0.724. The van der Waals surface area contributed by atoms with E-state index in [1.807, 2.05) is 0 Å². The molecule has 0 aromatic heterocycles. The molecule has 0 aliphatic carbocycles. The maximum absolute atomic E-state index is 9.70. The molecular formula is CH2O2S2. The zero-order valence-electron chi connectivity index (χ0n) is 2.34. The second-order valence-electron chi connectivity index (χ2n) is 0.725. The Bertz CT molecular complexity index is 40.9. The minimum Gasteiger partial charge on any atom is -0.567 e. The lowest BCUT2D eigenvalue weighted by atomic mass is 11.9. The molecule has 1 aliphatic heterocycles. The molecule has 4 heteroatoms. The first-order chi connectivity index (χ1) is 2.30. The molecule has 0 bridgehead atoms. The van der Waals surface area contributed by atoms with Crippen molar-refractivity contribution in [2.45, 2.75) is 0 Å². The van der Waals surface area contributed by atoms with Gasteiger partial charge in [0.05, 0.1) is 0 Å². The van der Waals surface area contributed by atoms with Gasteiger partial charge in [0, 0.05) is 0 Å². The molecule has 1 rings (SSSR count).